The summed E-state index contributed by atoms with van der Waals surface area (Å²) >= 11 is 0. The molecule has 1 N–H and O–H groups in total. The molecule has 1 atom stereocenters. The van der Waals surface area contributed by atoms with Gasteiger partial charge in [-0.3, -0.25) is 0 Å². The predicted octanol–water partition coefficient (Wildman–Crippen LogP) is 2.77. The van der Waals surface area contributed by atoms with Crippen LogP contribution in [0.25, 0.3) is 0 Å². The van der Waals surface area contributed by atoms with Gasteiger partial charge in [-0.15, -0.1) is 0 Å². The third kappa shape index (κ3) is 2.95. The molecule has 0 saturated heterocycles. The van der Waals surface area contributed by atoms with Crippen molar-refractivity contribution in [1.82, 2.24) is 0 Å². The van der Waals surface area contributed by atoms with Crippen molar-refractivity contribution >= 4 is 5.97 Å². The van der Waals surface area contributed by atoms with Gasteiger partial charge in [-0.05, 0) is 25.0 Å². The number of carboxylic acids is 1. The first-order valence-corrected chi connectivity index (χ1v) is 5.20. The van der Waals surface area contributed by atoms with Crippen LogP contribution in [-0.4, -0.2) is 17.2 Å². The van der Waals surface area contributed by atoms with Crippen LogP contribution >= 0.6 is 0 Å². The molecule has 16 heavy (non-hydrogen) atoms. The molecule has 1 unspecified atom stereocenters. The summed E-state index contributed by atoms with van der Waals surface area (Å²) in [6.07, 6.45) is 0.0499. The highest BCUT2D eigenvalue weighted by atomic mass is 19.1. The maximum atomic E-state index is 13.5. The lowest BCUT2D eigenvalue weighted by Crippen LogP contribution is -2.27. The first-order chi connectivity index (χ1) is 7.56. The molecule has 88 valence electrons. The third-order valence-corrected chi connectivity index (χ3v) is 2.25. The summed E-state index contributed by atoms with van der Waals surface area (Å²) in [6, 6.07) is 4.68. The van der Waals surface area contributed by atoms with Crippen molar-refractivity contribution in [2.45, 2.75) is 32.8 Å². The van der Waals surface area contributed by atoms with Crippen LogP contribution in [0.2, 0.25) is 0 Å². The van der Waals surface area contributed by atoms with Crippen molar-refractivity contribution in [3.05, 3.63) is 29.6 Å². The van der Waals surface area contributed by atoms with Gasteiger partial charge in [0.25, 0.3) is 0 Å². The van der Waals surface area contributed by atoms with Crippen LogP contribution in [0.15, 0.2) is 18.2 Å². The summed E-state index contributed by atoms with van der Waals surface area (Å²) in [5, 5.41) is 8.88. The lowest BCUT2D eigenvalue weighted by atomic mass is 10.2. The fourth-order valence-electron chi connectivity index (χ4n) is 1.36. The zero-order chi connectivity index (χ0) is 12.1. The largest absolute Gasteiger partial charge is 0.479 e. The minimum atomic E-state index is -1.07. The van der Waals surface area contributed by atoms with E-state index in [0.29, 0.717) is 18.4 Å². The molecule has 0 saturated carbocycles. The average Bonchev–Trinajstić information content (AvgIpc) is 2.23. The van der Waals surface area contributed by atoms with E-state index in [2.05, 4.69) is 0 Å². The zero-order valence-corrected chi connectivity index (χ0v) is 9.37. The van der Waals surface area contributed by atoms with Crippen LogP contribution in [0.3, 0.4) is 0 Å². The SMILES string of the molecule is CCCC(Oc1cccc(C)c1F)C(=O)O. The van der Waals surface area contributed by atoms with Gasteiger partial charge in [-0.25, -0.2) is 9.18 Å². The predicted molar refractivity (Wildman–Crippen MR) is 58.1 cm³/mol. The molecule has 3 nitrogen and oxygen atoms in total. The van der Waals surface area contributed by atoms with Gasteiger partial charge in [0.2, 0.25) is 0 Å². The van der Waals surface area contributed by atoms with Gasteiger partial charge in [0.15, 0.2) is 17.7 Å². The molecule has 1 aromatic rings. The molecular formula is C12H15FO3. The van der Waals surface area contributed by atoms with Crippen LogP contribution in [0.4, 0.5) is 4.39 Å². The Morgan fingerprint density at radius 3 is 2.81 bits per heavy atom. The summed E-state index contributed by atoms with van der Waals surface area (Å²) in [4.78, 5) is 10.8. The van der Waals surface area contributed by atoms with E-state index in [4.69, 9.17) is 9.84 Å². The van der Waals surface area contributed by atoms with E-state index in [1.165, 1.54) is 6.07 Å². The highest BCUT2D eigenvalue weighted by molar-refractivity contribution is 5.72. The molecule has 0 fully saturated rings. The van der Waals surface area contributed by atoms with Crippen molar-refractivity contribution in [3.8, 4) is 5.75 Å². The maximum absolute atomic E-state index is 13.5. The Hall–Kier alpha value is -1.58. The minimum absolute atomic E-state index is 0.000787. The van der Waals surface area contributed by atoms with Gasteiger partial charge in [0.05, 0.1) is 0 Å². The lowest BCUT2D eigenvalue weighted by Gasteiger charge is -2.15. The van der Waals surface area contributed by atoms with Crippen molar-refractivity contribution in [3.63, 3.8) is 0 Å². The number of hydrogen-bond acceptors (Lipinski definition) is 2. The number of benzene rings is 1. The van der Waals surface area contributed by atoms with E-state index in [-0.39, 0.29) is 5.75 Å². The van der Waals surface area contributed by atoms with Gasteiger partial charge in [-0.2, -0.15) is 0 Å². The van der Waals surface area contributed by atoms with E-state index < -0.39 is 17.9 Å². The number of rotatable bonds is 5. The van der Waals surface area contributed by atoms with Crippen molar-refractivity contribution in [1.29, 1.82) is 0 Å². The number of carboxylic acid groups (broad SMARTS) is 1. The molecule has 0 spiro atoms. The van der Waals surface area contributed by atoms with E-state index >= 15 is 0 Å². The summed E-state index contributed by atoms with van der Waals surface area (Å²) in [6.45, 7) is 3.46. The molecule has 0 amide bonds. The second-order valence-corrected chi connectivity index (χ2v) is 3.62. The fourth-order valence-corrected chi connectivity index (χ4v) is 1.36. The standard InChI is InChI=1S/C12H15FO3/c1-3-5-10(12(14)15)16-9-7-4-6-8(2)11(9)13/h4,6-7,10H,3,5H2,1-2H3,(H,14,15). The molecule has 0 aromatic heterocycles. The van der Waals surface area contributed by atoms with Crippen LogP contribution in [0.5, 0.6) is 5.75 Å². The number of halogens is 1. The second kappa shape index (κ2) is 5.49. The highest BCUT2D eigenvalue weighted by Gasteiger charge is 2.20. The van der Waals surface area contributed by atoms with E-state index in [9.17, 15) is 9.18 Å². The van der Waals surface area contributed by atoms with Gasteiger partial charge in [0, 0.05) is 0 Å². The number of hydrogen-bond donors (Lipinski definition) is 1. The topological polar surface area (TPSA) is 46.5 Å². The Bertz CT molecular complexity index is 377. The normalized spacial score (nSPS) is 12.2. The van der Waals surface area contributed by atoms with E-state index in [1.807, 2.05) is 6.92 Å². The minimum Gasteiger partial charge on any atom is -0.479 e. The Labute approximate surface area is 93.9 Å². The summed E-state index contributed by atoms with van der Waals surface area (Å²) in [5.41, 5.74) is 0.443. The van der Waals surface area contributed by atoms with Crippen molar-refractivity contribution in [2.75, 3.05) is 0 Å². The van der Waals surface area contributed by atoms with E-state index in [0.717, 1.165) is 0 Å². The fraction of sp³-hybridized carbons (Fsp3) is 0.417. The molecule has 1 rings (SSSR count). The van der Waals surface area contributed by atoms with Gasteiger partial charge in [-0.1, -0.05) is 25.5 Å². The highest BCUT2D eigenvalue weighted by Crippen LogP contribution is 2.21. The van der Waals surface area contributed by atoms with Crippen LogP contribution in [0, 0.1) is 12.7 Å². The molecule has 4 heteroatoms. The molecule has 0 aliphatic heterocycles. The monoisotopic (exact) mass is 226 g/mol. The molecule has 1 aromatic carbocycles. The first kappa shape index (κ1) is 12.5. The summed E-state index contributed by atoms with van der Waals surface area (Å²) < 4.78 is 18.7. The smallest absolute Gasteiger partial charge is 0.344 e. The first-order valence-electron chi connectivity index (χ1n) is 5.20. The van der Waals surface area contributed by atoms with Crippen molar-refractivity contribution < 1.29 is 19.0 Å². The number of aliphatic carboxylic acids is 1. The van der Waals surface area contributed by atoms with Gasteiger partial charge >= 0.3 is 5.97 Å². The van der Waals surface area contributed by atoms with Gasteiger partial charge < -0.3 is 9.84 Å². The number of ether oxygens (including phenoxy) is 1. The number of aryl methyl sites for hydroxylation is 1. The lowest BCUT2D eigenvalue weighted by molar-refractivity contribution is -0.145. The summed E-state index contributed by atoms with van der Waals surface area (Å²) in [7, 11) is 0. The number of carbonyl (C=O) groups is 1. The van der Waals surface area contributed by atoms with Gasteiger partial charge in [0.1, 0.15) is 0 Å². The Morgan fingerprint density at radius 1 is 1.56 bits per heavy atom. The Kier molecular flexibility index (Phi) is 4.28. The molecule has 0 radical (unpaired) electrons. The van der Waals surface area contributed by atoms with Crippen LogP contribution in [-0.2, 0) is 4.79 Å². The molecule has 0 aliphatic rings. The molecular weight excluding hydrogens is 211 g/mol. The Balaban J connectivity index is 2.85. The van der Waals surface area contributed by atoms with Crippen LogP contribution < -0.4 is 4.74 Å². The third-order valence-electron chi connectivity index (χ3n) is 2.25. The molecule has 0 bridgehead atoms. The quantitative estimate of drug-likeness (QED) is 0.839. The molecule has 0 heterocycles. The maximum Gasteiger partial charge on any atom is 0.344 e. The second-order valence-electron chi connectivity index (χ2n) is 3.62. The average molecular weight is 226 g/mol. The van der Waals surface area contributed by atoms with Crippen LogP contribution in [0.1, 0.15) is 25.3 Å². The van der Waals surface area contributed by atoms with E-state index in [1.54, 1.807) is 19.1 Å². The zero-order valence-electron chi connectivity index (χ0n) is 9.37. The Morgan fingerprint density at radius 2 is 2.25 bits per heavy atom. The summed E-state index contributed by atoms with van der Waals surface area (Å²) in [5.74, 6) is -1.56. The molecule has 0 aliphatic carbocycles. The van der Waals surface area contributed by atoms with Crippen molar-refractivity contribution in [2.24, 2.45) is 0 Å².